The summed E-state index contributed by atoms with van der Waals surface area (Å²) in [5.74, 6) is -2.69. The highest BCUT2D eigenvalue weighted by Gasteiger charge is 2.34. The van der Waals surface area contributed by atoms with Crippen molar-refractivity contribution in [2.75, 3.05) is 32.5 Å². The summed E-state index contributed by atoms with van der Waals surface area (Å²) in [7, 11) is 2.36. The molecule has 0 spiro atoms. The van der Waals surface area contributed by atoms with Crippen molar-refractivity contribution >= 4 is 46.2 Å². The van der Waals surface area contributed by atoms with E-state index in [0.717, 1.165) is 3.57 Å². The third-order valence-corrected chi connectivity index (χ3v) is 4.22. The number of carbonyl (C=O) groups is 3. The number of carbonyl (C=O) groups excluding carboxylic acids is 2. The van der Waals surface area contributed by atoms with Crippen LogP contribution in [-0.4, -0.2) is 50.6 Å². The number of nitrogens with zero attached hydrogens (tertiary/aromatic N) is 1. The van der Waals surface area contributed by atoms with Gasteiger partial charge in [-0.05, 0) is 47.2 Å². The minimum Gasteiger partial charge on any atom is -0.478 e. The third-order valence-electron chi connectivity index (χ3n) is 3.60. The standard InChI is InChI=1S/C16H16INO7/c1-8-4-9(17)5-10(14(19)20)12(8)18-7-25-6-11(15(21)23-2)13(18)16(22)24-3/h4-5H,6-7H2,1-3H3,(H,19,20). The topological polar surface area (TPSA) is 102 Å². The number of aromatic carboxylic acids is 1. The van der Waals surface area contributed by atoms with Crippen molar-refractivity contribution in [2.45, 2.75) is 6.92 Å². The molecule has 2 rings (SSSR count). The van der Waals surface area contributed by atoms with Gasteiger partial charge >= 0.3 is 17.9 Å². The average molecular weight is 461 g/mol. The lowest BCUT2D eigenvalue weighted by molar-refractivity contribution is -0.140. The monoisotopic (exact) mass is 461 g/mol. The number of hydrogen-bond acceptors (Lipinski definition) is 7. The van der Waals surface area contributed by atoms with Gasteiger partial charge in [-0.1, -0.05) is 0 Å². The Morgan fingerprint density at radius 1 is 1.20 bits per heavy atom. The Balaban J connectivity index is 2.74. The summed E-state index contributed by atoms with van der Waals surface area (Å²) in [5.41, 5.74) is 0.734. The molecular weight excluding hydrogens is 445 g/mol. The van der Waals surface area contributed by atoms with Crippen LogP contribution in [0.5, 0.6) is 0 Å². The Kier molecular flexibility index (Phi) is 6.01. The van der Waals surface area contributed by atoms with E-state index in [1.54, 1.807) is 13.0 Å². The zero-order valence-electron chi connectivity index (χ0n) is 13.8. The van der Waals surface area contributed by atoms with E-state index in [-0.39, 0.29) is 35.9 Å². The summed E-state index contributed by atoms with van der Waals surface area (Å²) in [4.78, 5) is 37.3. The van der Waals surface area contributed by atoms with Crippen LogP contribution < -0.4 is 4.90 Å². The van der Waals surface area contributed by atoms with Crippen LogP contribution in [0.3, 0.4) is 0 Å². The number of halogens is 1. The van der Waals surface area contributed by atoms with Gasteiger partial charge in [0.1, 0.15) is 12.4 Å². The smallest absolute Gasteiger partial charge is 0.355 e. The Morgan fingerprint density at radius 3 is 2.40 bits per heavy atom. The van der Waals surface area contributed by atoms with E-state index < -0.39 is 17.9 Å². The molecule has 0 unspecified atom stereocenters. The van der Waals surface area contributed by atoms with Crippen molar-refractivity contribution in [3.05, 3.63) is 38.1 Å². The zero-order valence-corrected chi connectivity index (χ0v) is 15.9. The minimum atomic E-state index is -1.16. The van der Waals surface area contributed by atoms with Crippen LogP contribution in [0.4, 0.5) is 5.69 Å². The van der Waals surface area contributed by atoms with Crippen molar-refractivity contribution in [3.63, 3.8) is 0 Å². The van der Waals surface area contributed by atoms with Crippen LogP contribution >= 0.6 is 22.6 Å². The van der Waals surface area contributed by atoms with E-state index >= 15 is 0 Å². The Morgan fingerprint density at radius 2 is 1.84 bits per heavy atom. The molecule has 1 heterocycles. The Bertz CT molecular complexity index is 772. The van der Waals surface area contributed by atoms with Crippen molar-refractivity contribution < 1.29 is 33.7 Å². The molecule has 0 fully saturated rings. The number of carboxylic acids is 1. The Hall–Kier alpha value is -2.14. The molecule has 1 aromatic rings. The predicted octanol–water partition coefficient (Wildman–Crippen LogP) is 1.69. The number of methoxy groups -OCH3 is 2. The molecule has 0 radical (unpaired) electrons. The van der Waals surface area contributed by atoms with E-state index in [0.29, 0.717) is 5.56 Å². The number of rotatable bonds is 4. The molecule has 0 bridgehead atoms. The van der Waals surface area contributed by atoms with Crippen LogP contribution in [-0.2, 0) is 23.8 Å². The highest BCUT2D eigenvalue weighted by Crippen LogP contribution is 2.33. The van der Waals surface area contributed by atoms with Gasteiger partial charge < -0.3 is 24.2 Å². The van der Waals surface area contributed by atoms with E-state index in [1.165, 1.54) is 25.2 Å². The lowest BCUT2D eigenvalue weighted by atomic mass is 10.0. The molecule has 9 heteroatoms. The maximum absolute atomic E-state index is 12.3. The van der Waals surface area contributed by atoms with Crippen molar-refractivity contribution in [3.8, 4) is 0 Å². The first-order chi connectivity index (χ1) is 11.8. The number of aryl methyl sites for hydroxylation is 1. The van der Waals surface area contributed by atoms with Gasteiger partial charge in [-0.3, -0.25) is 0 Å². The summed E-state index contributed by atoms with van der Waals surface area (Å²) in [6, 6.07) is 3.25. The summed E-state index contributed by atoms with van der Waals surface area (Å²) < 4.78 is 15.6. The second-order valence-corrected chi connectivity index (χ2v) is 6.39. The van der Waals surface area contributed by atoms with Gasteiger partial charge in [-0.25, -0.2) is 14.4 Å². The molecule has 0 aromatic heterocycles. The number of esters is 2. The normalized spacial score (nSPS) is 14.3. The van der Waals surface area contributed by atoms with Crippen LogP contribution in [0.15, 0.2) is 23.4 Å². The summed E-state index contributed by atoms with van der Waals surface area (Å²) >= 11 is 2.01. The molecule has 8 nitrogen and oxygen atoms in total. The number of anilines is 1. The first kappa shape index (κ1) is 19.2. The quantitative estimate of drug-likeness (QED) is 0.534. The van der Waals surface area contributed by atoms with E-state index in [9.17, 15) is 19.5 Å². The van der Waals surface area contributed by atoms with E-state index in [2.05, 4.69) is 0 Å². The van der Waals surface area contributed by atoms with Gasteiger partial charge in [0.25, 0.3) is 0 Å². The summed E-state index contributed by atoms with van der Waals surface area (Å²) in [6.45, 7) is 1.47. The third kappa shape index (κ3) is 3.76. The van der Waals surface area contributed by atoms with E-state index in [4.69, 9.17) is 14.2 Å². The molecule has 1 N–H and O–H groups in total. The number of ether oxygens (including phenoxy) is 3. The fourth-order valence-corrected chi connectivity index (χ4v) is 3.36. The Labute approximate surface area is 157 Å². The van der Waals surface area contributed by atoms with Gasteiger partial charge in [0.15, 0.2) is 0 Å². The average Bonchev–Trinajstić information content (AvgIpc) is 2.59. The lowest BCUT2D eigenvalue weighted by Crippen LogP contribution is -2.39. The molecule has 0 saturated heterocycles. The minimum absolute atomic E-state index is 0.0134. The van der Waals surface area contributed by atoms with Crippen LogP contribution in [0.2, 0.25) is 0 Å². The van der Waals surface area contributed by atoms with Crippen LogP contribution in [0.1, 0.15) is 15.9 Å². The van der Waals surface area contributed by atoms with Gasteiger partial charge in [0.05, 0.1) is 37.7 Å². The molecule has 0 atom stereocenters. The first-order valence-electron chi connectivity index (χ1n) is 7.10. The zero-order chi connectivity index (χ0) is 18.7. The molecule has 1 aromatic carbocycles. The SMILES string of the molecule is COC(=O)C1=C(C(=O)OC)N(c2c(C)cc(I)cc2C(=O)O)COC1. The van der Waals surface area contributed by atoms with E-state index in [1.807, 2.05) is 22.6 Å². The highest BCUT2D eigenvalue weighted by molar-refractivity contribution is 14.1. The number of benzene rings is 1. The predicted molar refractivity (Wildman–Crippen MR) is 95.2 cm³/mol. The molecule has 25 heavy (non-hydrogen) atoms. The van der Waals surface area contributed by atoms with Gasteiger partial charge in [0, 0.05) is 3.57 Å². The second kappa shape index (κ2) is 7.83. The van der Waals surface area contributed by atoms with Crippen molar-refractivity contribution in [2.24, 2.45) is 0 Å². The summed E-state index contributed by atoms with van der Waals surface area (Å²) in [5, 5.41) is 9.55. The molecule has 134 valence electrons. The molecule has 0 saturated carbocycles. The second-order valence-electron chi connectivity index (χ2n) is 5.14. The molecular formula is C16H16INO7. The van der Waals surface area contributed by atoms with Crippen LogP contribution in [0, 0.1) is 10.5 Å². The lowest BCUT2D eigenvalue weighted by Gasteiger charge is -2.33. The largest absolute Gasteiger partial charge is 0.478 e. The molecule has 1 aliphatic heterocycles. The number of carboxylic acid groups (broad SMARTS) is 1. The van der Waals surface area contributed by atoms with Gasteiger partial charge in [-0.15, -0.1) is 0 Å². The molecule has 0 aliphatic carbocycles. The fourth-order valence-electron chi connectivity index (χ4n) is 2.58. The van der Waals surface area contributed by atoms with Crippen molar-refractivity contribution in [1.82, 2.24) is 0 Å². The highest BCUT2D eigenvalue weighted by atomic mass is 127. The summed E-state index contributed by atoms with van der Waals surface area (Å²) in [6.07, 6.45) is 0. The van der Waals surface area contributed by atoms with Crippen molar-refractivity contribution in [1.29, 1.82) is 0 Å². The van der Waals surface area contributed by atoms with Gasteiger partial charge in [0.2, 0.25) is 0 Å². The number of hydrogen-bond donors (Lipinski definition) is 1. The maximum atomic E-state index is 12.3. The van der Waals surface area contributed by atoms with Gasteiger partial charge in [-0.2, -0.15) is 0 Å². The molecule has 1 aliphatic rings. The fraction of sp³-hybridized carbons (Fsp3) is 0.312. The maximum Gasteiger partial charge on any atom is 0.355 e. The molecule has 0 amide bonds. The first-order valence-corrected chi connectivity index (χ1v) is 8.18. The van der Waals surface area contributed by atoms with Crippen LogP contribution in [0.25, 0.3) is 0 Å².